The molecule has 0 bridgehead atoms. The summed E-state index contributed by atoms with van der Waals surface area (Å²) in [6.45, 7) is 4.84. The van der Waals surface area contributed by atoms with Gasteiger partial charge in [-0.15, -0.1) is 0 Å². The number of aromatic amines is 1. The molecule has 1 saturated heterocycles. The molecule has 0 spiro atoms. The molecular formula is C28H30FN5O2S. The van der Waals surface area contributed by atoms with Crippen LogP contribution in [0.4, 0.5) is 10.1 Å². The molecule has 0 saturated carbocycles. The lowest BCUT2D eigenvalue weighted by molar-refractivity contribution is -0.128. The van der Waals surface area contributed by atoms with E-state index in [9.17, 15) is 14.0 Å². The van der Waals surface area contributed by atoms with Crippen molar-refractivity contribution in [3.63, 3.8) is 0 Å². The zero-order valence-electron chi connectivity index (χ0n) is 20.8. The molecule has 4 aromatic rings. The monoisotopic (exact) mass is 519 g/mol. The first kappa shape index (κ1) is 25.1. The van der Waals surface area contributed by atoms with E-state index in [1.807, 2.05) is 52.4 Å². The zero-order chi connectivity index (χ0) is 25.8. The number of fused-ring (bicyclic) bond motifs is 1. The number of aromatic nitrogens is 3. The highest BCUT2D eigenvalue weighted by Crippen LogP contribution is 2.28. The second kappa shape index (κ2) is 11.2. The highest BCUT2D eigenvalue weighted by molar-refractivity contribution is 7.99. The van der Waals surface area contributed by atoms with E-state index in [-0.39, 0.29) is 23.0 Å². The van der Waals surface area contributed by atoms with Gasteiger partial charge in [0.15, 0.2) is 5.16 Å². The largest absolute Gasteiger partial charge is 0.366 e. The van der Waals surface area contributed by atoms with Gasteiger partial charge < -0.3 is 14.8 Å². The second-order valence-electron chi connectivity index (χ2n) is 9.10. The van der Waals surface area contributed by atoms with E-state index in [0.29, 0.717) is 54.6 Å². The number of para-hydroxylation sites is 1. The number of rotatable bonds is 8. The van der Waals surface area contributed by atoms with Gasteiger partial charge in [0, 0.05) is 44.5 Å². The summed E-state index contributed by atoms with van der Waals surface area (Å²) in [5.41, 5.74) is 3.41. The molecule has 0 unspecified atom stereocenters. The normalized spacial score (nSPS) is 13.9. The molecule has 2 aromatic carbocycles. The molecule has 1 amide bonds. The van der Waals surface area contributed by atoms with E-state index in [0.717, 1.165) is 24.0 Å². The van der Waals surface area contributed by atoms with Gasteiger partial charge in [-0.2, -0.15) is 0 Å². The molecule has 1 aliphatic rings. The van der Waals surface area contributed by atoms with Crippen molar-refractivity contribution >= 4 is 34.4 Å². The van der Waals surface area contributed by atoms with Crippen molar-refractivity contribution in [2.45, 2.75) is 31.5 Å². The van der Waals surface area contributed by atoms with Crippen LogP contribution in [-0.4, -0.2) is 57.3 Å². The Hall–Kier alpha value is -3.59. The summed E-state index contributed by atoms with van der Waals surface area (Å²) < 4.78 is 15.8. The topological polar surface area (TPSA) is 74.2 Å². The molecule has 3 heterocycles. The van der Waals surface area contributed by atoms with E-state index < -0.39 is 0 Å². The number of hydrogen-bond donors (Lipinski definition) is 1. The predicted octanol–water partition coefficient (Wildman–Crippen LogP) is 4.77. The van der Waals surface area contributed by atoms with Crippen LogP contribution in [-0.2, 0) is 11.3 Å². The highest BCUT2D eigenvalue weighted by Gasteiger charge is 2.24. The number of halogens is 1. The zero-order valence-corrected chi connectivity index (χ0v) is 21.6. The van der Waals surface area contributed by atoms with Gasteiger partial charge in [-0.05, 0) is 24.1 Å². The second-order valence-corrected chi connectivity index (χ2v) is 10.0. The number of hydrogen-bond acceptors (Lipinski definition) is 5. The molecule has 0 atom stereocenters. The molecule has 7 nitrogen and oxygen atoms in total. The number of nitrogens with zero attached hydrogens (tertiary/aromatic N) is 4. The number of amides is 1. The van der Waals surface area contributed by atoms with Crippen molar-refractivity contribution in [2.24, 2.45) is 0 Å². The maximum absolute atomic E-state index is 14.2. The van der Waals surface area contributed by atoms with Crippen molar-refractivity contribution in [1.82, 2.24) is 19.4 Å². The Balaban J connectivity index is 1.33. The molecule has 37 heavy (non-hydrogen) atoms. The Kier molecular flexibility index (Phi) is 7.60. The summed E-state index contributed by atoms with van der Waals surface area (Å²) in [6.07, 6.45) is 3.62. The van der Waals surface area contributed by atoms with Crippen LogP contribution in [0, 0.1) is 5.82 Å². The fourth-order valence-corrected chi connectivity index (χ4v) is 5.58. The number of piperazine rings is 1. The van der Waals surface area contributed by atoms with E-state index in [1.54, 1.807) is 16.7 Å². The van der Waals surface area contributed by atoms with Gasteiger partial charge in [0.25, 0.3) is 5.56 Å². The summed E-state index contributed by atoms with van der Waals surface area (Å²) in [4.78, 5) is 38.3. The van der Waals surface area contributed by atoms with Crippen LogP contribution < -0.4 is 10.5 Å². The quantitative estimate of drug-likeness (QED) is 0.268. The molecule has 0 aliphatic carbocycles. The third-order valence-corrected chi connectivity index (χ3v) is 7.68. The maximum atomic E-state index is 14.2. The summed E-state index contributed by atoms with van der Waals surface area (Å²) >= 11 is 1.31. The van der Waals surface area contributed by atoms with Gasteiger partial charge in [0.2, 0.25) is 5.91 Å². The first-order chi connectivity index (χ1) is 18.1. The number of benzene rings is 2. The van der Waals surface area contributed by atoms with Crippen LogP contribution in [0.5, 0.6) is 0 Å². The third kappa shape index (κ3) is 5.27. The average molecular weight is 520 g/mol. The summed E-state index contributed by atoms with van der Waals surface area (Å²) in [7, 11) is 0. The molecule has 1 aliphatic heterocycles. The molecule has 9 heteroatoms. The number of nitrogens with one attached hydrogen (secondary N) is 1. The van der Waals surface area contributed by atoms with Gasteiger partial charge in [-0.3, -0.25) is 14.2 Å². The van der Waals surface area contributed by atoms with Gasteiger partial charge in [0.05, 0.1) is 11.4 Å². The van der Waals surface area contributed by atoms with Crippen LogP contribution in [0.1, 0.15) is 19.8 Å². The first-order valence-corrected chi connectivity index (χ1v) is 13.6. The van der Waals surface area contributed by atoms with Crippen LogP contribution in [0.15, 0.2) is 70.7 Å². The molecule has 192 valence electrons. The Morgan fingerprint density at radius 1 is 1.05 bits per heavy atom. The minimum Gasteiger partial charge on any atom is -0.366 e. The number of unbranched alkanes of at least 4 members (excludes halogenated alkanes) is 1. The minimum absolute atomic E-state index is 0.00748. The molecule has 5 rings (SSSR count). The lowest BCUT2D eigenvalue weighted by atomic mass is 10.1. The molecule has 0 radical (unpaired) electrons. The van der Waals surface area contributed by atoms with Gasteiger partial charge >= 0.3 is 0 Å². The lowest BCUT2D eigenvalue weighted by Crippen LogP contribution is -2.49. The average Bonchev–Trinajstić information content (AvgIpc) is 3.36. The van der Waals surface area contributed by atoms with Crippen LogP contribution in [0.25, 0.3) is 22.2 Å². The highest BCUT2D eigenvalue weighted by atomic mass is 32.2. The number of thioether (sulfide) groups is 1. The van der Waals surface area contributed by atoms with Crippen molar-refractivity contribution in [3.05, 3.63) is 77.0 Å². The molecular weight excluding hydrogens is 489 g/mol. The summed E-state index contributed by atoms with van der Waals surface area (Å²) in [5.74, 6) is -0.0644. The number of carbonyl (C=O) groups is 1. The van der Waals surface area contributed by atoms with Crippen LogP contribution in [0.3, 0.4) is 0 Å². The van der Waals surface area contributed by atoms with Crippen molar-refractivity contribution in [3.8, 4) is 11.1 Å². The van der Waals surface area contributed by atoms with Gasteiger partial charge in [-0.1, -0.05) is 67.6 Å². The number of H-pyrrole nitrogens is 1. The Bertz CT molecular complexity index is 1440. The summed E-state index contributed by atoms with van der Waals surface area (Å²) in [5, 5.41) is 0.557. The number of anilines is 1. The fraction of sp³-hybridized carbons (Fsp3) is 0.321. The first-order valence-electron chi connectivity index (χ1n) is 12.6. The van der Waals surface area contributed by atoms with Crippen LogP contribution in [0.2, 0.25) is 0 Å². The van der Waals surface area contributed by atoms with Crippen LogP contribution >= 0.6 is 11.8 Å². The Morgan fingerprint density at radius 3 is 2.51 bits per heavy atom. The fourth-order valence-electron chi connectivity index (χ4n) is 4.66. The number of carbonyl (C=O) groups excluding carboxylic acids is 1. The minimum atomic E-state index is -0.246. The van der Waals surface area contributed by atoms with Crippen molar-refractivity contribution in [1.29, 1.82) is 0 Å². The van der Waals surface area contributed by atoms with E-state index >= 15 is 0 Å². The smallest absolute Gasteiger partial charge is 0.278 e. The third-order valence-electron chi connectivity index (χ3n) is 6.72. The van der Waals surface area contributed by atoms with Gasteiger partial charge in [-0.25, -0.2) is 9.37 Å². The molecule has 2 aromatic heterocycles. The van der Waals surface area contributed by atoms with E-state index in [2.05, 4.69) is 11.9 Å². The summed E-state index contributed by atoms with van der Waals surface area (Å²) in [6, 6.07) is 16.6. The standard InChI is InChI=1S/C28H30FN5O2S/c1-2-3-13-34-27(36)26-25(21(18-30-26)20-9-5-4-6-10-20)31-28(34)37-19-24(35)33-16-14-32(15-17-33)23-12-8-7-11-22(23)29/h4-12,18,30H,2-3,13-17,19H2,1H3. The van der Waals surface area contributed by atoms with Crippen molar-refractivity contribution < 1.29 is 9.18 Å². The SMILES string of the molecule is CCCCn1c(SCC(=O)N2CCN(c3ccccc3F)CC2)nc2c(-c3ccccc3)c[nH]c2c1=O. The predicted molar refractivity (Wildman–Crippen MR) is 147 cm³/mol. The molecule has 1 fully saturated rings. The lowest BCUT2D eigenvalue weighted by Gasteiger charge is -2.36. The van der Waals surface area contributed by atoms with Gasteiger partial charge in [0.1, 0.15) is 16.9 Å². The Morgan fingerprint density at radius 2 is 1.78 bits per heavy atom. The van der Waals surface area contributed by atoms with Crippen molar-refractivity contribution in [2.75, 3.05) is 36.8 Å². The van der Waals surface area contributed by atoms with E-state index in [4.69, 9.17) is 4.98 Å². The maximum Gasteiger partial charge on any atom is 0.278 e. The van der Waals surface area contributed by atoms with E-state index in [1.165, 1.54) is 17.8 Å². The Labute approximate surface area is 219 Å². The molecule has 1 N–H and O–H groups in total.